The Balaban J connectivity index is 2.22. The van der Waals surface area contributed by atoms with Gasteiger partial charge in [0, 0.05) is 6.26 Å². The van der Waals surface area contributed by atoms with Gasteiger partial charge in [-0.3, -0.25) is 0 Å². The van der Waals surface area contributed by atoms with Gasteiger partial charge in [-0.25, -0.2) is 26.0 Å². The van der Waals surface area contributed by atoms with Crippen molar-refractivity contribution in [3.63, 3.8) is 0 Å². The van der Waals surface area contributed by atoms with Crippen molar-refractivity contribution in [3.05, 3.63) is 95.3 Å². The third kappa shape index (κ3) is 2.76. The molecule has 0 bridgehead atoms. The van der Waals surface area contributed by atoms with E-state index < -0.39 is 37.7 Å². The molecular weight excluding hydrogens is 368 g/mol. The Morgan fingerprint density at radius 3 is 2.04 bits per heavy atom. The van der Waals surface area contributed by atoms with Crippen LogP contribution in [0.1, 0.15) is 11.1 Å². The number of halogens is 4. The second-order valence-electron chi connectivity index (χ2n) is 6.10. The Labute approximate surface area is 148 Å². The maximum atomic E-state index is 15.2. The standard InChI is InChI=1S/C19H14F4O2S/c1-26(24,25)18(14-7-8-15(20)16(21)11-14)9-10-19(23,17(22)12-18)13-5-3-2-4-6-13/h2-12H,1H3. The Bertz CT molecular complexity index is 1020. The van der Waals surface area contributed by atoms with Gasteiger partial charge in [-0.05, 0) is 35.4 Å². The first-order chi connectivity index (χ1) is 12.1. The minimum absolute atomic E-state index is 0.0163. The summed E-state index contributed by atoms with van der Waals surface area (Å²) in [6.45, 7) is 0. The summed E-state index contributed by atoms with van der Waals surface area (Å²) in [7, 11) is -4.09. The molecular formula is C19H14F4O2S. The minimum atomic E-state index is -4.09. The van der Waals surface area contributed by atoms with Gasteiger partial charge in [-0.2, -0.15) is 0 Å². The van der Waals surface area contributed by atoms with Crippen molar-refractivity contribution < 1.29 is 26.0 Å². The average Bonchev–Trinajstić information content (AvgIpc) is 2.59. The van der Waals surface area contributed by atoms with Crippen LogP contribution in [-0.2, 0) is 20.3 Å². The lowest BCUT2D eigenvalue weighted by Gasteiger charge is -2.33. The van der Waals surface area contributed by atoms with Gasteiger partial charge < -0.3 is 0 Å². The molecule has 0 aliphatic heterocycles. The summed E-state index contributed by atoms with van der Waals surface area (Å²) in [4.78, 5) is 0. The average molecular weight is 382 g/mol. The molecule has 0 N–H and O–H groups in total. The van der Waals surface area contributed by atoms with E-state index in [1.165, 1.54) is 24.3 Å². The van der Waals surface area contributed by atoms with E-state index in [1.54, 1.807) is 6.07 Å². The van der Waals surface area contributed by atoms with Crippen LogP contribution >= 0.6 is 0 Å². The first kappa shape index (κ1) is 18.4. The molecule has 0 saturated heterocycles. The van der Waals surface area contributed by atoms with E-state index in [1.807, 2.05) is 0 Å². The molecule has 0 heterocycles. The number of sulfone groups is 1. The first-order valence-electron chi connectivity index (χ1n) is 7.59. The number of rotatable bonds is 3. The van der Waals surface area contributed by atoms with Crippen molar-refractivity contribution in [2.75, 3.05) is 6.26 Å². The largest absolute Gasteiger partial charge is 0.228 e. The van der Waals surface area contributed by atoms with Gasteiger partial charge in [0.1, 0.15) is 10.6 Å². The van der Waals surface area contributed by atoms with Gasteiger partial charge in [0.05, 0.1) is 0 Å². The molecule has 0 amide bonds. The van der Waals surface area contributed by atoms with Gasteiger partial charge in [0.15, 0.2) is 21.5 Å². The molecule has 0 saturated carbocycles. The molecule has 0 spiro atoms. The van der Waals surface area contributed by atoms with E-state index in [4.69, 9.17) is 0 Å². The number of alkyl halides is 1. The predicted molar refractivity (Wildman–Crippen MR) is 90.4 cm³/mol. The van der Waals surface area contributed by atoms with E-state index in [2.05, 4.69) is 0 Å². The lowest BCUT2D eigenvalue weighted by atomic mass is 9.84. The van der Waals surface area contributed by atoms with E-state index >= 15 is 4.39 Å². The van der Waals surface area contributed by atoms with Crippen LogP contribution in [0, 0.1) is 11.6 Å². The van der Waals surface area contributed by atoms with Crippen molar-refractivity contribution in [2.45, 2.75) is 10.4 Å². The zero-order valence-electron chi connectivity index (χ0n) is 13.6. The fraction of sp³-hybridized carbons (Fsp3) is 0.158. The minimum Gasteiger partial charge on any atom is -0.228 e. The molecule has 2 aromatic rings. The van der Waals surface area contributed by atoms with Crippen LogP contribution in [0.3, 0.4) is 0 Å². The van der Waals surface area contributed by atoms with Gasteiger partial charge >= 0.3 is 0 Å². The molecule has 0 radical (unpaired) electrons. The molecule has 136 valence electrons. The molecule has 2 atom stereocenters. The van der Waals surface area contributed by atoms with Crippen molar-refractivity contribution in [3.8, 4) is 0 Å². The summed E-state index contributed by atoms with van der Waals surface area (Å²) < 4.78 is 79.5. The van der Waals surface area contributed by atoms with Crippen molar-refractivity contribution in [1.29, 1.82) is 0 Å². The smallest absolute Gasteiger partial charge is 0.205 e. The van der Waals surface area contributed by atoms with Crippen LogP contribution in [0.5, 0.6) is 0 Å². The third-order valence-electron chi connectivity index (χ3n) is 4.43. The van der Waals surface area contributed by atoms with Crippen LogP contribution in [-0.4, -0.2) is 14.7 Å². The zero-order valence-corrected chi connectivity index (χ0v) is 14.4. The highest BCUT2D eigenvalue weighted by Gasteiger charge is 2.48. The van der Waals surface area contributed by atoms with Crippen molar-refractivity contribution in [1.82, 2.24) is 0 Å². The van der Waals surface area contributed by atoms with Gasteiger partial charge in [0.25, 0.3) is 0 Å². The van der Waals surface area contributed by atoms with E-state index in [0.717, 1.165) is 30.5 Å². The van der Waals surface area contributed by atoms with E-state index in [9.17, 15) is 21.6 Å². The molecule has 2 nitrogen and oxygen atoms in total. The van der Waals surface area contributed by atoms with Crippen LogP contribution in [0.15, 0.2) is 72.6 Å². The van der Waals surface area contributed by atoms with Crippen LogP contribution in [0.2, 0.25) is 0 Å². The van der Waals surface area contributed by atoms with E-state index in [-0.39, 0.29) is 11.1 Å². The summed E-state index contributed by atoms with van der Waals surface area (Å²) in [6.07, 6.45) is 3.17. The monoisotopic (exact) mass is 382 g/mol. The predicted octanol–water partition coefficient (Wildman–Crippen LogP) is 4.49. The Hall–Kier alpha value is -2.41. The second-order valence-corrected chi connectivity index (χ2v) is 8.32. The SMILES string of the molecule is CS(=O)(=O)C1(c2ccc(F)c(F)c2)C=CC(F)(c2ccccc2)C(F)=C1. The molecule has 3 rings (SSSR count). The fourth-order valence-corrected chi connectivity index (χ4v) is 4.13. The maximum Gasteiger partial charge on any atom is 0.205 e. The number of hydrogen-bond acceptors (Lipinski definition) is 2. The topological polar surface area (TPSA) is 34.1 Å². The second kappa shape index (κ2) is 6.09. The quantitative estimate of drug-likeness (QED) is 0.579. The van der Waals surface area contributed by atoms with Gasteiger partial charge in [-0.15, -0.1) is 0 Å². The van der Waals surface area contributed by atoms with Gasteiger partial charge in [0.2, 0.25) is 5.67 Å². The molecule has 1 aliphatic rings. The first-order valence-corrected chi connectivity index (χ1v) is 9.48. The maximum absolute atomic E-state index is 15.2. The van der Waals surface area contributed by atoms with E-state index in [0.29, 0.717) is 12.1 Å². The summed E-state index contributed by atoms with van der Waals surface area (Å²) >= 11 is 0. The van der Waals surface area contributed by atoms with Crippen LogP contribution < -0.4 is 0 Å². The number of allylic oxidation sites excluding steroid dienone is 2. The summed E-state index contributed by atoms with van der Waals surface area (Å²) in [5, 5.41) is 0. The molecule has 7 heteroatoms. The normalized spacial score (nSPS) is 25.8. The zero-order chi connectivity index (χ0) is 19.2. The molecule has 2 aromatic carbocycles. The van der Waals surface area contributed by atoms with Crippen molar-refractivity contribution in [2.24, 2.45) is 0 Å². The highest BCUT2D eigenvalue weighted by Crippen LogP contribution is 2.47. The molecule has 1 aliphatic carbocycles. The third-order valence-corrected chi connectivity index (χ3v) is 6.14. The number of hydrogen-bond donors (Lipinski definition) is 0. The fourth-order valence-electron chi connectivity index (χ4n) is 2.94. The Morgan fingerprint density at radius 1 is 0.846 bits per heavy atom. The summed E-state index contributed by atoms with van der Waals surface area (Å²) in [5.74, 6) is -3.81. The highest BCUT2D eigenvalue weighted by molar-refractivity contribution is 7.92. The van der Waals surface area contributed by atoms with Crippen LogP contribution in [0.4, 0.5) is 17.6 Å². The Kier molecular flexibility index (Phi) is 4.30. The Morgan fingerprint density at radius 2 is 1.50 bits per heavy atom. The number of benzene rings is 2. The van der Waals surface area contributed by atoms with Crippen molar-refractivity contribution >= 4 is 9.84 Å². The van der Waals surface area contributed by atoms with Gasteiger partial charge in [-0.1, -0.05) is 42.5 Å². The summed E-state index contributed by atoms with van der Waals surface area (Å²) in [5.41, 5.74) is -2.88. The molecule has 2 unspecified atom stereocenters. The lowest BCUT2D eigenvalue weighted by Crippen LogP contribution is -2.36. The van der Waals surface area contributed by atoms with Crippen LogP contribution in [0.25, 0.3) is 0 Å². The molecule has 0 fully saturated rings. The molecule has 26 heavy (non-hydrogen) atoms. The lowest BCUT2D eigenvalue weighted by molar-refractivity contribution is 0.232. The highest BCUT2D eigenvalue weighted by atomic mass is 32.2. The summed E-state index contributed by atoms with van der Waals surface area (Å²) in [6, 6.07) is 9.83. The molecule has 0 aromatic heterocycles.